The molecular formula is C15H18ClNO3. The molecule has 0 radical (unpaired) electrons. The number of carboxylic acid groups (broad SMARTS) is 1. The monoisotopic (exact) mass is 295 g/mol. The molecular weight excluding hydrogens is 278 g/mol. The van der Waals surface area contributed by atoms with Crippen molar-refractivity contribution in [2.24, 2.45) is 5.92 Å². The lowest BCUT2D eigenvalue weighted by Gasteiger charge is -2.25. The molecule has 1 fully saturated rings. The summed E-state index contributed by atoms with van der Waals surface area (Å²) in [6, 6.07) is 5.76. The van der Waals surface area contributed by atoms with Gasteiger partial charge in [-0.25, -0.2) is 0 Å². The van der Waals surface area contributed by atoms with E-state index in [-0.39, 0.29) is 18.1 Å². The fraction of sp³-hybridized carbons (Fsp3) is 0.533. The molecule has 3 rings (SSSR count). The smallest absolute Gasteiger partial charge is 0.308 e. The van der Waals surface area contributed by atoms with E-state index < -0.39 is 5.97 Å². The van der Waals surface area contributed by atoms with Crippen LogP contribution in [-0.2, 0) is 11.2 Å². The number of fused-ring (bicyclic) bond motifs is 1. The van der Waals surface area contributed by atoms with Crippen molar-refractivity contribution in [2.75, 3.05) is 13.1 Å². The highest BCUT2D eigenvalue weighted by molar-refractivity contribution is 6.30. The Bertz CT molecular complexity index is 534. The van der Waals surface area contributed by atoms with E-state index in [4.69, 9.17) is 21.4 Å². The van der Waals surface area contributed by atoms with Crippen LogP contribution in [0.15, 0.2) is 18.2 Å². The molecule has 1 aromatic carbocycles. The number of benzene rings is 1. The Morgan fingerprint density at radius 3 is 3.05 bits per heavy atom. The highest BCUT2D eigenvalue weighted by Crippen LogP contribution is 2.33. The van der Waals surface area contributed by atoms with Gasteiger partial charge in [-0.1, -0.05) is 11.6 Å². The maximum absolute atomic E-state index is 11.1. The lowest BCUT2D eigenvalue weighted by atomic mass is 10.0. The van der Waals surface area contributed by atoms with Crippen LogP contribution < -0.4 is 4.74 Å². The van der Waals surface area contributed by atoms with Gasteiger partial charge < -0.3 is 9.84 Å². The number of likely N-dealkylation sites (tertiary alicyclic amines) is 1. The minimum Gasteiger partial charge on any atom is -0.488 e. The summed E-state index contributed by atoms with van der Waals surface area (Å²) in [5, 5.41) is 9.89. The number of carbonyl (C=O) groups is 1. The van der Waals surface area contributed by atoms with Crippen molar-refractivity contribution in [3.05, 3.63) is 28.8 Å². The first-order chi connectivity index (χ1) is 9.54. The first kappa shape index (κ1) is 13.7. The van der Waals surface area contributed by atoms with E-state index in [9.17, 15) is 4.79 Å². The Hall–Kier alpha value is -1.26. The van der Waals surface area contributed by atoms with Gasteiger partial charge in [0.05, 0.1) is 5.92 Å². The molecule has 108 valence electrons. The molecule has 2 aliphatic heterocycles. The van der Waals surface area contributed by atoms with Gasteiger partial charge >= 0.3 is 5.97 Å². The number of carboxylic acids is 1. The van der Waals surface area contributed by atoms with E-state index in [1.807, 2.05) is 25.1 Å². The molecule has 3 unspecified atom stereocenters. The van der Waals surface area contributed by atoms with Crippen molar-refractivity contribution >= 4 is 17.6 Å². The minimum atomic E-state index is -0.692. The van der Waals surface area contributed by atoms with Crippen LogP contribution in [-0.4, -0.2) is 41.2 Å². The van der Waals surface area contributed by atoms with Gasteiger partial charge in [-0.2, -0.15) is 0 Å². The number of hydrogen-bond acceptors (Lipinski definition) is 3. The lowest BCUT2D eigenvalue weighted by Crippen LogP contribution is -2.39. The molecule has 5 heteroatoms. The van der Waals surface area contributed by atoms with Crippen LogP contribution >= 0.6 is 11.6 Å². The number of rotatable bonds is 3. The zero-order valence-corrected chi connectivity index (χ0v) is 12.1. The Balaban J connectivity index is 1.63. The van der Waals surface area contributed by atoms with Crippen LogP contribution in [0.25, 0.3) is 0 Å². The third-order valence-corrected chi connectivity index (χ3v) is 4.64. The SMILES string of the molecule is CC1C(C(=O)O)CCN1CC1Cc2cc(Cl)ccc2O1. The molecule has 4 nitrogen and oxygen atoms in total. The maximum Gasteiger partial charge on any atom is 0.308 e. The van der Waals surface area contributed by atoms with E-state index >= 15 is 0 Å². The van der Waals surface area contributed by atoms with Crippen molar-refractivity contribution in [1.29, 1.82) is 0 Å². The maximum atomic E-state index is 11.1. The van der Waals surface area contributed by atoms with Crippen LogP contribution in [0.2, 0.25) is 5.02 Å². The van der Waals surface area contributed by atoms with Gasteiger partial charge in [-0.05, 0) is 43.7 Å². The number of nitrogens with zero attached hydrogens (tertiary/aromatic N) is 1. The van der Waals surface area contributed by atoms with Crippen molar-refractivity contribution in [3.63, 3.8) is 0 Å². The van der Waals surface area contributed by atoms with Crippen molar-refractivity contribution < 1.29 is 14.6 Å². The first-order valence-corrected chi connectivity index (χ1v) is 7.34. The van der Waals surface area contributed by atoms with Gasteiger partial charge in [0, 0.05) is 24.0 Å². The van der Waals surface area contributed by atoms with Crippen LogP contribution in [0.1, 0.15) is 18.9 Å². The second kappa shape index (κ2) is 5.26. The van der Waals surface area contributed by atoms with Crippen molar-refractivity contribution in [3.8, 4) is 5.75 Å². The van der Waals surface area contributed by atoms with Gasteiger partial charge in [-0.15, -0.1) is 0 Å². The largest absolute Gasteiger partial charge is 0.488 e. The molecule has 0 spiro atoms. The second-order valence-corrected chi connectivity index (χ2v) is 6.10. The summed E-state index contributed by atoms with van der Waals surface area (Å²) in [5.74, 6) is -0.0448. The molecule has 3 atom stereocenters. The van der Waals surface area contributed by atoms with E-state index in [2.05, 4.69) is 4.90 Å². The Morgan fingerprint density at radius 1 is 1.55 bits per heavy atom. The fourth-order valence-electron chi connectivity index (χ4n) is 3.24. The Kier molecular flexibility index (Phi) is 3.61. The third kappa shape index (κ3) is 2.50. The average molecular weight is 296 g/mol. The van der Waals surface area contributed by atoms with Crippen LogP contribution in [0.3, 0.4) is 0 Å². The second-order valence-electron chi connectivity index (χ2n) is 5.66. The highest BCUT2D eigenvalue weighted by Gasteiger charge is 2.37. The number of aliphatic carboxylic acids is 1. The summed E-state index contributed by atoms with van der Waals surface area (Å²) >= 11 is 5.99. The molecule has 2 aliphatic rings. The van der Waals surface area contributed by atoms with E-state index in [0.29, 0.717) is 0 Å². The molecule has 0 aromatic heterocycles. The van der Waals surface area contributed by atoms with Crippen molar-refractivity contribution in [2.45, 2.75) is 31.9 Å². The zero-order valence-electron chi connectivity index (χ0n) is 11.4. The number of hydrogen-bond donors (Lipinski definition) is 1. The summed E-state index contributed by atoms with van der Waals surface area (Å²) in [6.45, 7) is 3.59. The average Bonchev–Trinajstić information content (AvgIpc) is 2.93. The summed E-state index contributed by atoms with van der Waals surface area (Å²) in [6.07, 6.45) is 1.66. The highest BCUT2D eigenvalue weighted by atomic mass is 35.5. The van der Waals surface area contributed by atoms with Gasteiger partial charge in [-0.3, -0.25) is 9.69 Å². The van der Waals surface area contributed by atoms with Crippen LogP contribution in [0, 0.1) is 5.92 Å². The standard InChI is InChI=1S/C15H18ClNO3/c1-9-13(15(18)19)4-5-17(9)8-12-7-10-6-11(16)2-3-14(10)20-12/h2-3,6,9,12-13H,4-5,7-8H2,1H3,(H,18,19). The summed E-state index contributed by atoms with van der Waals surface area (Å²) in [4.78, 5) is 13.4. The predicted molar refractivity (Wildman–Crippen MR) is 76.3 cm³/mol. The van der Waals surface area contributed by atoms with Gasteiger partial charge in [0.25, 0.3) is 0 Å². The first-order valence-electron chi connectivity index (χ1n) is 6.96. The molecule has 1 N–H and O–H groups in total. The molecule has 0 saturated carbocycles. The van der Waals surface area contributed by atoms with E-state index in [1.54, 1.807) is 0 Å². The Labute approximate surface area is 123 Å². The molecule has 20 heavy (non-hydrogen) atoms. The normalized spacial score (nSPS) is 29.2. The zero-order chi connectivity index (χ0) is 14.3. The number of ether oxygens (including phenoxy) is 1. The molecule has 0 amide bonds. The minimum absolute atomic E-state index is 0.0726. The van der Waals surface area contributed by atoms with Crippen LogP contribution in [0.4, 0.5) is 0 Å². The molecule has 0 bridgehead atoms. The topological polar surface area (TPSA) is 49.8 Å². The van der Waals surface area contributed by atoms with Gasteiger partial charge in [0.15, 0.2) is 0 Å². The Morgan fingerprint density at radius 2 is 2.35 bits per heavy atom. The lowest BCUT2D eigenvalue weighted by molar-refractivity contribution is -0.142. The fourth-order valence-corrected chi connectivity index (χ4v) is 3.44. The predicted octanol–water partition coefficient (Wildman–Crippen LogP) is 2.44. The molecule has 1 aromatic rings. The number of halogens is 1. The van der Waals surface area contributed by atoms with Gasteiger partial charge in [0.2, 0.25) is 0 Å². The third-order valence-electron chi connectivity index (χ3n) is 4.40. The summed E-state index contributed by atoms with van der Waals surface area (Å²) in [5.41, 5.74) is 1.14. The van der Waals surface area contributed by atoms with E-state index in [1.165, 1.54) is 0 Å². The van der Waals surface area contributed by atoms with Crippen molar-refractivity contribution in [1.82, 2.24) is 4.90 Å². The van der Waals surface area contributed by atoms with E-state index in [0.717, 1.165) is 42.3 Å². The summed E-state index contributed by atoms with van der Waals surface area (Å²) in [7, 11) is 0. The quantitative estimate of drug-likeness (QED) is 0.930. The molecule has 2 heterocycles. The van der Waals surface area contributed by atoms with Crippen LogP contribution in [0.5, 0.6) is 5.75 Å². The molecule has 1 saturated heterocycles. The summed E-state index contributed by atoms with van der Waals surface area (Å²) < 4.78 is 5.92. The van der Waals surface area contributed by atoms with Gasteiger partial charge in [0.1, 0.15) is 11.9 Å². The molecule has 0 aliphatic carbocycles.